The highest BCUT2D eigenvalue weighted by atomic mass is 16.5. The lowest BCUT2D eigenvalue weighted by Gasteiger charge is -2.18. The standard InChI is InChI=1S/C13H17NO2/c1-5-9(2)14-10(3)12-7-6-11(16-4)8-13(12)15/h1,6-10,14-15H,2-4H3. The van der Waals surface area contributed by atoms with Gasteiger partial charge in [-0.25, -0.2) is 0 Å². The zero-order valence-electron chi connectivity index (χ0n) is 9.82. The SMILES string of the molecule is C#CC(C)NC(C)c1ccc(OC)cc1O. The average Bonchev–Trinajstić information content (AvgIpc) is 2.28. The number of hydrogen-bond acceptors (Lipinski definition) is 3. The van der Waals surface area contributed by atoms with Crippen molar-refractivity contribution >= 4 is 0 Å². The Balaban J connectivity index is 2.84. The molecular formula is C13H17NO2. The molecule has 0 aliphatic rings. The maximum Gasteiger partial charge on any atom is 0.124 e. The van der Waals surface area contributed by atoms with Crippen molar-refractivity contribution < 1.29 is 9.84 Å². The Labute approximate surface area is 96.4 Å². The van der Waals surface area contributed by atoms with Crippen LogP contribution >= 0.6 is 0 Å². The summed E-state index contributed by atoms with van der Waals surface area (Å²) in [6.07, 6.45) is 5.29. The number of benzene rings is 1. The fraction of sp³-hybridized carbons (Fsp3) is 0.385. The molecule has 2 unspecified atom stereocenters. The van der Waals surface area contributed by atoms with Crippen LogP contribution in [0.25, 0.3) is 0 Å². The number of nitrogens with one attached hydrogen (secondary N) is 1. The number of phenolic OH excluding ortho intramolecular Hbond substituents is 1. The van der Waals surface area contributed by atoms with Crippen molar-refractivity contribution in [1.29, 1.82) is 0 Å². The maximum absolute atomic E-state index is 9.81. The lowest BCUT2D eigenvalue weighted by atomic mass is 10.1. The second kappa shape index (κ2) is 5.43. The van der Waals surface area contributed by atoms with Crippen LogP contribution in [0, 0.1) is 12.3 Å². The Morgan fingerprint density at radius 1 is 1.44 bits per heavy atom. The largest absolute Gasteiger partial charge is 0.507 e. The molecule has 1 aromatic rings. The van der Waals surface area contributed by atoms with Crippen LogP contribution in [0.2, 0.25) is 0 Å². The summed E-state index contributed by atoms with van der Waals surface area (Å²) in [4.78, 5) is 0. The van der Waals surface area contributed by atoms with Crippen molar-refractivity contribution in [3.05, 3.63) is 23.8 Å². The summed E-state index contributed by atoms with van der Waals surface area (Å²) in [5.41, 5.74) is 0.808. The van der Waals surface area contributed by atoms with Crippen molar-refractivity contribution in [2.75, 3.05) is 7.11 Å². The second-order valence-electron chi connectivity index (χ2n) is 3.70. The number of ether oxygens (including phenoxy) is 1. The minimum absolute atomic E-state index is 0.00282. The molecule has 0 heterocycles. The normalized spacial score (nSPS) is 13.9. The van der Waals surface area contributed by atoms with E-state index in [1.54, 1.807) is 13.2 Å². The van der Waals surface area contributed by atoms with Gasteiger partial charge in [-0.2, -0.15) is 0 Å². The van der Waals surface area contributed by atoms with E-state index in [2.05, 4.69) is 11.2 Å². The second-order valence-corrected chi connectivity index (χ2v) is 3.70. The molecule has 0 radical (unpaired) electrons. The number of phenols is 1. The fourth-order valence-corrected chi connectivity index (χ4v) is 1.53. The molecule has 0 saturated heterocycles. The highest BCUT2D eigenvalue weighted by Gasteiger charge is 2.12. The van der Waals surface area contributed by atoms with Gasteiger partial charge >= 0.3 is 0 Å². The van der Waals surface area contributed by atoms with Gasteiger partial charge in [0.2, 0.25) is 0 Å². The van der Waals surface area contributed by atoms with E-state index in [4.69, 9.17) is 11.2 Å². The first kappa shape index (κ1) is 12.4. The van der Waals surface area contributed by atoms with E-state index in [1.807, 2.05) is 26.0 Å². The first-order chi connectivity index (χ1) is 7.58. The molecule has 3 heteroatoms. The third-order valence-corrected chi connectivity index (χ3v) is 2.45. The molecular weight excluding hydrogens is 202 g/mol. The van der Waals surface area contributed by atoms with Crippen LogP contribution in [0.5, 0.6) is 11.5 Å². The summed E-state index contributed by atoms with van der Waals surface area (Å²) in [7, 11) is 1.57. The van der Waals surface area contributed by atoms with Crippen molar-refractivity contribution in [2.45, 2.75) is 25.9 Å². The molecule has 0 fully saturated rings. The molecule has 0 saturated carbocycles. The van der Waals surface area contributed by atoms with Gasteiger partial charge in [0.1, 0.15) is 11.5 Å². The summed E-state index contributed by atoms with van der Waals surface area (Å²) in [6.45, 7) is 3.85. The predicted molar refractivity (Wildman–Crippen MR) is 64.5 cm³/mol. The molecule has 3 nitrogen and oxygen atoms in total. The molecule has 0 amide bonds. The Hall–Kier alpha value is -1.66. The maximum atomic E-state index is 9.81. The highest BCUT2D eigenvalue weighted by molar-refractivity contribution is 5.41. The van der Waals surface area contributed by atoms with Crippen molar-refractivity contribution in [2.24, 2.45) is 0 Å². The molecule has 0 aromatic heterocycles. The van der Waals surface area contributed by atoms with Gasteiger partial charge in [-0.15, -0.1) is 6.42 Å². The summed E-state index contributed by atoms with van der Waals surface area (Å²) in [5.74, 6) is 3.44. The van der Waals surface area contributed by atoms with Gasteiger partial charge in [0, 0.05) is 17.7 Å². The quantitative estimate of drug-likeness (QED) is 0.762. The minimum atomic E-state index is -0.0310. The van der Waals surface area contributed by atoms with E-state index in [0.717, 1.165) is 5.56 Å². The lowest BCUT2D eigenvalue weighted by Crippen LogP contribution is -2.27. The molecule has 0 aliphatic heterocycles. The smallest absolute Gasteiger partial charge is 0.124 e. The molecule has 16 heavy (non-hydrogen) atoms. The molecule has 0 bridgehead atoms. The van der Waals surface area contributed by atoms with Gasteiger partial charge in [0.25, 0.3) is 0 Å². The van der Waals surface area contributed by atoms with E-state index in [9.17, 15) is 5.11 Å². The van der Waals surface area contributed by atoms with Crippen LogP contribution in [-0.2, 0) is 0 Å². The molecule has 0 spiro atoms. The average molecular weight is 219 g/mol. The molecule has 1 aromatic carbocycles. The molecule has 2 N–H and O–H groups in total. The number of rotatable bonds is 4. The monoisotopic (exact) mass is 219 g/mol. The van der Waals surface area contributed by atoms with E-state index in [1.165, 1.54) is 0 Å². The van der Waals surface area contributed by atoms with Crippen molar-refractivity contribution in [3.63, 3.8) is 0 Å². The van der Waals surface area contributed by atoms with Crippen LogP contribution in [0.15, 0.2) is 18.2 Å². The first-order valence-corrected chi connectivity index (χ1v) is 5.17. The lowest BCUT2D eigenvalue weighted by molar-refractivity contribution is 0.403. The van der Waals surface area contributed by atoms with E-state index in [-0.39, 0.29) is 17.8 Å². The Bertz CT molecular complexity index is 395. The Morgan fingerprint density at radius 2 is 2.12 bits per heavy atom. The van der Waals surface area contributed by atoms with Gasteiger partial charge in [-0.05, 0) is 19.9 Å². The molecule has 2 atom stereocenters. The summed E-state index contributed by atoms with van der Waals surface area (Å²) in [6, 6.07) is 5.20. The van der Waals surface area contributed by atoms with Crippen LogP contribution in [-0.4, -0.2) is 18.3 Å². The Kier molecular flexibility index (Phi) is 4.21. The van der Waals surface area contributed by atoms with E-state index in [0.29, 0.717) is 5.75 Å². The van der Waals surface area contributed by atoms with Crippen LogP contribution < -0.4 is 10.1 Å². The number of methoxy groups -OCH3 is 1. The van der Waals surface area contributed by atoms with Crippen molar-refractivity contribution in [1.82, 2.24) is 5.32 Å². The summed E-state index contributed by atoms with van der Waals surface area (Å²) < 4.78 is 5.02. The van der Waals surface area contributed by atoms with E-state index < -0.39 is 0 Å². The van der Waals surface area contributed by atoms with Crippen LogP contribution in [0.4, 0.5) is 0 Å². The van der Waals surface area contributed by atoms with E-state index >= 15 is 0 Å². The zero-order valence-corrected chi connectivity index (χ0v) is 9.82. The molecule has 86 valence electrons. The number of terminal acetylenes is 1. The number of aromatic hydroxyl groups is 1. The van der Waals surface area contributed by atoms with Gasteiger partial charge in [0.05, 0.1) is 13.2 Å². The van der Waals surface area contributed by atoms with Gasteiger partial charge in [-0.3, -0.25) is 5.32 Å². The molecule has 1 rings (SSSR count). The Morgan fingerprint density at radius 3 is 2.62 bits per heavy atom. The van der Waals surface area contributed by atoms with Crippen LogP contribution in [0.1, 0.15) is 25.5 Å². The first-order valence-electron chi connectivity index (χ1n) is 5.17. The van der Waals surface area contributed by atoms with Crippen LogP contribution in [0.3, 0.4) is 0 Å². The fourth-order valence-electron chi connectivity index (χ4n) is 1.53. The zero-order chi connectivity index (χ0) is 12.1. The van der Waals surface area contributed by atoms with Gasteiger partial charge < -0.3 is 9.84 Å². The third kappa shape index (κ3) is 2.91. The number of hydrogen-bond donors (Lipinski definition) is 2. The minimum Gasteiger partial charge on any atom is -0.507 e. The predicted octanol–water partition coefficient (Wildman–Crippen LogP) is 2.07. The topological polar surface area (TPSA) is 41.5 Å². The van der Waals surface area contributed by atoms with Gasteiger partial charge in [-0.1, -0.05) is 12.0 Å². The van der Waals surface area contributed by atoms with Gasteiger partial charge in [0.15, 0.2) is 0 Å². The summed E-state index contributed by atoms with van der Waals surface area (Å²) >= 11 is 0. The third-order valence-electron chi connectivity index (χ3n) is 2.45. The molecule has 0 aliphatic carbocycles. The highest BCUT2D eigenvalue weighted by Crippen LogP contribution is 2.28. The summed E-state index contributed by atoms with van der Waals surface area (Å²) in [5, 5.41) is 13.0. The van der Waals surface area contributed by atoms with Crippen molar-refractivity contribution in [3.8, 4) is 23.8 Å².